The van der Waals surface area contributed by atoms with Crippen molar-refractivity contribution in [3.63, 3.8) is 0 Å². The van der Waals surface area contributed by atoms with Crippen LogP contribution in [-0.4, -0.2) is 66.0 Å². The van der Waals surface area contributed by atoms with Crippen molar-refractivity contribution in [1.82, 2.24) is 25.5 Å². The highest BCUT2D eigenvalue weighted by atomic mass is 19.4. The number of H-pyrrole nitrogens is 1. The summed E-state index contributed by atoms with van der Waals surface area (Å²) in [4.78, 5) is 34.4. The number of aryl methyl sites for hydroxylation is 1. The highest BCUT2D eigenvalue weighted by Crippen LogP contribution is 2.37. The maximum atomic E-state index is 13.9. The zero-order chi connectivity index (χ0) is 29.4. The van der Waals surface area contributed by atoms with Gasteiger partial charge in [0.2, 0.25) is 0 Å². The van der Waals surface area contributed by atoms with Crippen molar-refractivity contribution in [3.05, 3.63) is 83.7 Å². The molecule has 3 aromatic rings. The molecule has 218 valence electrons. The van der Waals surface area contributed by atoms with Gasteiger partial charge in [0.1, 0.15) is 17.3 Å². The first kappa shape index (κ1) is 29.6. The summed E-state index contributed by atoms with van der Waals surface area (Å²) in [7, 11) is 0. The Hall–Kier alpha value is -4.36. The van der Waals surface area contributed by atoms with E-state index in [0.29, 0.717) is 12.1 Å². The first-order valence-corrected chi connectivity index (χ1v) is 13.1. The molecule has 5 N–H and O–H groups in total. The summed E-state index contributed by atoms with van der Waals surface area (Å²) < 4.78 is 47.2. The number of nitrogens with zero attached hydrogens (tertiary/aromatic N) is 2. The molecule has 0 radical (unpaired) electrons. The van der Waals surface area contributed by atoms with Crippen molar-refractivity contribution in [2.75, 3.05) is 50.0 Å². The average molecular weight is 572 g/mol. The zero-order valence-corrected chi connectivity index (χ0v) is 22.5. The molecule has 2 heterocycles. The van der Waals surface area contributed by atoms with Gasteiger partial charge in [-0.05, 0) is 43.2 Å². The number of aromatic amines is 1. The minimum Gasteiger partial charge on any atom is -0.494 e. The summed E-state index contributed by atoms with van der Waals surface area (Å²) in [6.07, 6.45) is -3.01. The molecule has 2 aromatic carbocycles. The number of ether oxygens (including phenoxy) is 1. The molecule has 10 nitrogen and oxygen atoms in total. The van der Waals surface area contributed by atoms with Crippen LogP contribution < -0.4 is 26.0 Å². The van der Waals surface area contributed by atoms with E-state index in [-0.39, 0.29) is 29.6 Å². The van der Waals surface area contributed by atoms with Gasteiger partial charge >= 0.3 is 6.18 Å². The number of para-hydroxylation sites is 1. The van der Waals surface area contributed by atoms with Gasteiger partial charge < -0.3 is 35.9 Å². The maximum absolute atomic E-state index is 13.9. The third-order valence-electron chi connectivity index (χ3n) is 6.42. The molecule has 1 aliphatic heterocycles. The smallest absolute Gasteiger partial charge is 0.418 e. The lowest BCUT2D eigenvalue weighted by atomic mass is 10.1. The first-order chi connectivity index (χ1) is 19.6. The monoisotopic (exact) mass is 571 g/mol. The van der Waals surface area contributed by atoms with Crippen LogP contribution in [0.4, 0.5) is 24.5 Å². The van der Waals surface area contributed by atoms with E-state index in [1.807, 2.05) is 25.1 Å². The molecule has 1 aromatic heterocycles. The third-order valence-corrected chi connectivity index (χ3v) is 6.42. The number of piperazine rings is 1. The molecule has 13 heteroatoms. The molecular formula is C28H32F3N7O3. The second-order valence-electron chi connectivity index (χ2n) is 9.45. The van der Waals surface area contributed by atoms with Gasteiger partial charge in [-0.25, -0.2) is 4.98 Å². The van der Waals surface area contributed by atoms with E-state index in [2.05, 4.69) is 42.7 Å². The molecule has 41 heavy (non-hydrogen) atoms. The number of anilines is 2. The van der Waals surface area contributed by atoms with Crippen LogP contribution in [0.3, 0.4) is 0 Å². The number of benzene rings is 2. The fraction of sp³-hybridized carbons (Fsp3) is 0.321. The Morgan fingerprint density at radius 3 is 2.56 bits per heavy atom. The average Bonchev–Trinajstić information content (AvgIpc) is 3.44. The van der Waals surface area contributed by atoms with Gasteiger partial charge in [0.15, 0.2) is 5.69 Å². The molecule has 0 atom stereocenters. The molecule has 0 bridgehead atoms. The lowest BCUT2D eigenvalue weighted by molar-refractivity contribution is -0.137. The van der Waals surface area contributed by atoms with Crippen LogP contribution in [0.15, 0.2) is 61.2 Å². The molecular weight excluding hydrogens is 539 g/mol. The molecule has 1 fully saturated rings. The number of hydrogen-bond donors (Lipinski definition) is 5. The Morgan fingerprint density at radius 1 is 1.07 bits per heavy atom. The largest absolute Gasteiger partial charge is 0.494 e. The summed E-state index contributed by atoms with van der Waals surface area (Å²) in [5.41, 5.74) is -0.567. The number of nitrogens with one attached hydrogen (secondary N) is 5. The molecule has 0 spiro atoms. The fourth-order valence-corrected chi connectivity index (χ4v) is 4.30. The third kappa shape index (κ3) is 8.08. The summed E-state index contributed by atoms with van der Waals surface area (Å²) >= 11 is 0. The van der Waals surface area contributed by atoms with Crippen LogP contribution in [0, 0.1) is 6.92 Å². The Bertz CT molecular complexity index is 1380. The van der Waals surface area contributed by atoms with Crippen LogP contribution in [0.5, 0.6) is 5.75 Å². The Morgan fingerprint density at radius 2 is 1.83 bits per heavy atom. The predicted octanol–water partition coefficient (Wildman–Crippen LogP) is 3.98. The van der Waals surface area contributed by atoms with Crippen LogP contribution >= 0.6 is 0 Å². The van der Waals surface area contributed by atoms with Crippen molar-refractivity contribution >= 4 is 23.2 Å². The maximum Gasteiger partial charge on any atom is 0.418 e. The number of carbonyl (C=O) groups is 2. The fourth-order valence-electron chi connectivity index (χ4n) is 4.30. The minimum atomic E-state index is -4.77. The van der Waals surface area contributed by atoms with Gasteiger partial charge in [-0.3, -0.25) is 9.59 Å². The lowest BCUT2D eigenvalue weighted by Crippen LogP contribution is -2.43. The number of halogens is 3. The molecule has 0 unspecified atom stereocenters. The van der Waals surface area contributed by atoms with Crippen molar-refractivity contribution < 1.29 is 27.5 Å². The number of aromatic nitrogens is 2. The van der Waals surface area contributed by atoms with Gasteiger partial charge in [-0.15, -0.1) is 0 Å². The van der Waals surface area contributed by atoms with Crippen molar-refractivity contribution in [2.24, 2.45) is 0 Å². The Kier molecular flexibility index (Phi) is 9.63. The van der Waals surface area contributed by atoms with E-state index in [4.69, 9.17) is 4.74 Å². The van der Waals surface area contributed by atoms with Crippen LogP contribution in [0.25, 0.3) is 0 Å². The SMILES string of the molecule is C=C(NC(=O)c1[nH]cnc1C(=O)Nc1ccc(OCCCN2CCNCC2)cc1C(F)(F)F)Nc1ccccc1C. The van der Waals surface area contributed by atoms with Crippen molar-refractivity contribution in [1.29, 1.82) is 0 Å². The molecule has 0 saturated carbocycles. The Balaban J connectivity index is 1.39. The summed E-state index contributed by atoms with van der Waals surface area (Å²) in [5.74, 6) is -1.58. The van der Waals surface area contributed by atoms with Crippen LogP contribution in [0.1, 0.15) is 38.5 Å². The van der Waals surface area contributed by atoms with Gasteiger partial charge in [0.25, 0.3) is 11.8 Å². The highest BCUT2D eigenvalue weighted by Gasteiger charge is 2.35. The van der Waals surface area contributed by atoms with Gasteiger partial charge in [0, 0.05) is 38.4 Å². The van der Waals surface area contributed by atoms with Crippen LogP contribution in [-0.2, 0) is 6.18 Å². The van der Waals surface area contributed by atoms with Crippen molar-refractivity contribution in [2.45, 2.75) is 19.5 Å². The number of rotatable bonds is 11. The molecule has 1 saturated heterocycles. The lowest BCUT2D eigenvalue weighted by Gasteiger charge is -2.27. The van der Waals surface area contributed by atoms with E-state index in [9.17, 15) is 22.8 Å². The standard InChI is InChI=1S/C28H32F3N7O3/c1-18-6-3-4-7-22(18)35-19(2)36-26(39)24-25(34-17-33-24)27(40)37-23-9-8-20(16-21(23)28(29,30)31)41-15-5-12-38-13-10-32-11-14-38/h3-4,6-9,16-17,32,35H,2,5,10-15H2,1H3,(H,33,34)(H,36,39)(H,37,40). The summed E-state index contributed by atoms with van der Waals surface area (Å²) in [6.45, 7) is 10.3. The molecule has 0 aliphatic carbocycles. The zero-order valence-electron chi connectivity index (χ0n) is 22.5. The molecule has 1 aliphatic rings. The number of hydrogen-bond acceptors (Lipinski definition) is 7. The van der Waals surface area contributed by atoms with Gasteiger partial charge in [0.05, 0.1) is 24.2 Å². The second-order valence-corrected chi connectivity index (χ2v) is 9.45. The van der Waals surface area contributed by atoms with Crippen LogP contribution in [0.2, 0.25) is 0 Å². The Labute approximate surface area is 235 Å². The van der Waals surface area contributed by atoms with E-state index < -0.39 is 29.2 Å². The quantitative estimate of drug-likeness (QED) is 0.221. The minimum absolute atomic E-state index is 0.0372. The molecule has 2 amide bonds. The summed E-state index contributed by atoms with van der Waals surface area (Å²) in [6, 6.07) is 10.7. The predicted molar refractivity (Wildman–Crippen MR) is 149 cm³/mol. The summed E-state index contributed by atoms with van der Waals surface area (Å²) in [5, 5.41) is 10.9. The number of alkyl halides is 3. The van der Waals surface area contributed by atoms with Gasteiger partial charge in [-0.2, -0.15) is 13.2 Å². The molecule has 4 rings (SSSR count). The van der Waals surface area contributed by atoms with Crippen molar-refractivity contribution in [3.8, 4) is 5.75 Å². The number of imidazole rings is 1. The second kappa shape index (κ2) is 13.3. The van der Waals surface area contributed by atoms with E-state index >= 15 is 0 Å². The highest BCUT2D eigenvalue weighted by molar-refractivity contribution is 6.10. The topological polar surface area (TPSA) is 123 Å². The number of carbonyl (C=O) groups excluding carboxylic acids is 2. The number of amides is 2. The van der Waals surface area contributed by atoms with E-state index in [1.54, 1.807) is 6.07 Å². The normalized spacial score (nSPS) is 13.9. The van der Waals surface area contributed by atoms with E-state index in [0.717, 1.165) is 56.7 Å². The van der Waals surface area contributed by atoms with Gasteiger partial charge in [-0.1, -0.05) is 24.8 Å². The first-order valence-electron chi connectivity index (χ1n) is 13.1. The van der Waals surface area contributed by atoms with E-state index in [1.165, 1.54) is 6.07 Å².